The Labute approximate surface area is 119 Å². The van der Waals surface area contributed by atoms with Gasteiger partial charge in [0.1, 0.15) is 0 Å². The molecule has 0 aromatic heterocycles. The van der Waals surface area contributed by atoms with Gasteiger partial charge in [0.2, 0.25) is 5.91 Å². The average Bonchev–Trinajstić information content (AvgIpc) is 2.53. The molecule has 0 aliphatic rings. The zero-order valence-electron chi connectivity index (χ0n) is 11.4. The maximum atomic E-state index is 12.3. The normalized spacial score (nSPS) is 11.4. The van der Waals surface area contributed by atoms with Crippen molar-refractivity contribution in [3.8, 4) is 6.07 Å². The van der Waals surface area contributed by atoms with Crippen LogP contribution >= 0.6 is 0 Å². The molecule has 3 nitrogen and oxygen atoms in total. The van der Waals surface area contributed by atoms with Gasteiger partial charge in [-0.2, -0.15) is 5.26 Å². The third-order valence-corrected chi connectivity index (χ3v) is 3.25. The first kappa shape index (κ1) is 13.8. The Morgan fingerprint density at radius 3 is 2.20 bits per heavy atom. The van der Waals surface area contributed by atoms with Crippen LogP contribution in [0.5, 0.6) is 0 Å². The Hall–Kier alpha value is -2.60. The number of carbonyl (C=O) groups excluding carboxylic acids is 1. The Kier molecular flexibility index (Phi) is 4.52. The summed E-state index contributed by atoms with van der Waals surface area (Å²) in [6, 6.07) is 21.1. The Bertz CT molecular complexity index is 602. The van der Waals surface area contributed by atoms with E-state index >= 15 is 0 Å². The highest BCUT2D eigenvalue weighted by atomic mass is 16.2. The number of carbonyl (C=O) groups is 1. The van der Waals surface area contributed by atoms with Gasteiger partial charge >= 0.3 is 0 Å². The number of benzene rings is 2. The van der Waals surface area contributed by atoms with Crippen LogP contribution in [0.15, 0.2) is 60.7 Å². The molecule has 0 saturated heterocycles. The Morgan fingerprint density at radius 2 is 1.65 bits per heavy atom. The van der Waals surface area contributed by atoms with Gasteiger partial charge in [-0.15, -0.1) is 0 Å². The number of rotatable bonds is 4. The van der Waals surface area contributed by atoms with E-state index < -0.39 is 5.92 Å². The van der Waals surface area contributed by atoms with E-state index in [0.29, 0.717) is 0 Å². The van der Waals surface area contributed by atoms with E-state index in [0.717, 1.165) is 11.3 Å². The highest BCUT2D eigenvalue weighted by molar-refractivity contribution is 5.93. The number of amides is 1. The summed E-state index contributed by atoms with van der Waals surface area (Å²) in [7, 11) is 1.73. The summed E-state index contributed by atoms with van der Waals surface area (Å²) in [5, 5.41) is 9.26. The SMILES string of the molecule is CN(C(=O)CC(C#N)c1ccccc1)c1ccccc1. The second kappa shape index (κ2) is 6.53. The molecule has 3 heteroatoms. The van der Waals surface area contributed by atoms with Crippen molar-refractivity contribution in [2.75, 3.05) is 11.9 Å². The third kappa shape index (κ3) is 3.24. The quantitative estimate of drug-likeness (QED) is 0.850. The van der Waals surface area contributed by atoms with Crippen molar-refractivity contribution in [1.29, 1.82) is 5.26 Å². The fourth-order valence-electron chi connectivity index (χ4n) is 2.03. The smallest absolute Gasteiger partial charge is 0.228 e. The van der Waals surface area contributed by atoms with Gasteiger partial charge in [-0.3, -0.25) is 4.79 Å². The molecule has 100 valence electrons. The largest absolute Gasteiger partial charge is 0.315 e. The molecule has 1 atom stereocenters. The van der Waals surface area contributed by atoms with Crippen LogP contribution < -0.4 is 4.90 Å². The third-order valence-electron chi connectivity index (χ3n) is 3.25. The molecule has 0 radical (unpaired) electrons. The van der Waals surface area contributed by atoms with E-state index in [1.54, 1.807) is 11.9 Å². The minimum atomic E-state index is -0.408. The van der Waals surface area contributed by atoms with Crippen molar-refractivity contribution >= 4 is 11.6 Å². The van der Waals surface area contributed by atoms with Gasteiger partial charge in [-0.1, -0.05) is 48.5 Å². The highest BCUT2D eigenvalue weighted by Crippen LogP contribution is 2.21. The molecule has 2 rings (SSSR count). The molecular weight excluding hydrogens is 248 g/mol. The molecule has 1 amide bonds. The van der Waals surface area contributed by atoms with Crippen LogP contribution in [-0.4, -0.2) is 13.0 Å². The summed E-state index contributed by atoms with van der Waals surface area (Å²) in [6.07, 6.45) is 0.186. The molecule has 0 N–H and O–H groups in total. The van der Waals surface area contributed by atoms with Crippen molar-refractivity contribution < 1.29 is 4.79 Å². The first-order valence-corrected chi connectivity index (χ1v) is 6.48. The molecule has 0 aliphatic carbocycles. The van der Waals surface area contributed by atoms with Crippen molar-refractivity contribution in [3.05, 3.63) is 66.2 Å². The minimum Gasteiger partial charge on any atom is -0.315 e. The second-order valence-electron chi connectivity index (χ2n) is 4.58. The van der Waals surface area contributed by atoms with Gasteiger partial charge in [0.15, 0.2) is 0 Å². The average molecular weight is 264 g/mol. The zero-order chi connectivity index (χ0) is 14.4. The first-order chi connectivity index (χ1) is 9.72. The van der Waals surface area contributed by atoms with Crippen LogP contribution in [0.4, 0.5) is 5.69 Å². The lowest BCUT2D eigenvalue weighted by Gasteiger charge is -2.19. The van der Waals surface area contributed by atoms with Crippen molar-refractivity contribution in [1.82, 2.24) is 0 Å². The summed E-state index contributed by atoms with van der Waals surface area (Å²) in [5.74, 6) is -0.471. The monoisotopic (exact) mass is 264 g/mol. The van der Waals surface area contributed by atoms with Gasteiger partial charge in [-0.25, -0.2) is 0 Å². The summed E-state index contributed by atoms with van der Waals surface area (Å²) in [5.41, 5.74) is 1.71. The fourth-order valence-corrected chi connectivity index (χ4v) is 2.03. The summed E-state index contributed by atoms with van der Waals surface area (Å²) in [4.78, 5) is 13.9. The lowest BCUT2D eigenvalue weighted by Crippen LogP contribution is -2.27. The molecular formula is C17H16N2O. The van der Waals surface area contributed by atoms with E-state index in [1.165, 1.54) is 0 Å². The molecule has 20 heavy (non-hydrogen) atoms. The molecule has 0 bridgehead atoms. The maximum absolute atomic E-state index is 12.3. The standard InChI is InChI=1S/C17H16N2O/c1-19(16-10-6-3-7-11-16)17(20)12-15(13-18)14-8-4-2-5-9-14/h2-11,15H,12H2,1H3. The van der Waals surface area contributed by atoms with Crippen LogP contribution in [-0.2, 0) is 4.79 Å². The molecule has 0 aliphatic heterocycles. The molecule has 0 heterocycles. The van der Waals surface area contributed by atoms with Gasteiger partial charge < -0.3 is 4.90 Å². The van der Waals surface area contributed by atoms with Crippen LogP contribution in [0, 0.1) is 11.3 Å². The Morgan fingerprint density at radius 1 is 1.10 bits per heavy atom. The van der Waals surface area contributed by atoms with E-state index in [9.17, 15) is 10.1 Å². The number of hydrogen-bond donors (Lipinski definition) is 0. The Balaban J connectivity index is 2.09. The summed E-state index contributed by atoms with van der Waals surface area (Å²) < 4.78 is 0. The molecule has 2 aromatic carbocycles. The number of nitrogens with zero attached hydrogens (tertiary/aromatic N) is 2. The van der Waals surface area contributed by atoms with Crippen molar-refractivity contribution in [2.45, 2.75) is 12.3 Å². The van der Waals surface area contributed by atoms with Crippen molar-refractivity contribution in [2.24, 2.45) is 0 Å². The van der Waals surface area contributed by atoms with E-state index in [-0.39, 0.29) is 12.3 Å². The van der Waals surface area contributed by atoms with Crippen molar-refractivity contribution in [3.63, 3.8) is 0 Å². The van der Waals surface area contributed by atoms with Gasteiger partial charge in [0.05, 0.1) is 12.0 Å². The number of hydrogen-bond acceptors (Lipinski definition) is 2. The molecule has 0 fully saturated rings. The molecule has 0 saturated carbocycles. The molecule has 2 aromatic rings. The maximum Gasteiger partial charge on any atom is 0.228 e. The van der Waals surface area contributed by atoms with E-state index in [1.807, 2.05) is 60.7 Å². The van der Waals surface area contributed by atoms with Gasteiger partial charge in [-0.05, 0) is 17.7 Å². The summed E-state index contributed by atoms with van der Waals surface area (Å²) in [6.45, 7) is 0. The first-order valence-electron chi connectivity index (χ1n) is 6.48. The molecule has 1 unspecified atom stereocenters. The fraction of sp³-hybridized carbons (Fsp3) is 0.176. The van der Waals surface area contributed by atoms with Crippen LogP contribution in [0.3, 0.4) is 0 Å². The topological polar surface area (TPSA) is 44.1 Å². The predicted octanol–water partition coefficient (Wildman–Crippen LogP) is 3.35. The minimum absolute atomic E-state index is 0.0633. The number of nitriles is 1. The van der Waals surface area contributed by atoms with E-state index in [4.69, 9.17) is 0 Å². The summed E-state index contributed by atoms with van der Waals surface area (Å²) >= 11 is 0. The number of para-hydroxylation sites is 1. The van der Waals surface area contributed by atoms with E-state index in [2.05, 4.69) is 6.07 Å². The zero-order valence-corrected chi connectivity index (χ0v) is 11.4. The van der Waals surface area contributed by atoms with Crippen LogP contribution in [0.25, 0.3) is 0 Å². The lowest BCUT2D eigenvalue weighted by atomic mass is 9.96. The van der Waals surface area contributed by atoms with Gasteiger partial charge in [0, 0.05) is 19.2 Å². The van der Waals surface area contributed by atoms with Crippen LogP contribution in [0.1, 0.15) is 17.9 Å². The predicted molar refractivity (Wildman–Crippen MR) is 79.3 cm³/mol. The molecule has 0 spiro atoms. The van der Waals surface area contributed by atoms with Crippen LogP contribution in [0.2, 0.25) is 0 Å². The lowest BCUT2D eigenvalue weighted by molar-refractivity contribution is -0.118. The van der Waals surface area contributed by atoms with Gasteiger partial charge in [0.25, 0.3) is 0 Å². The second-order valence-corrected chi connectivity index (χ2v) is 4.58. The highest BCUT2D eigenvalue weighted by Gasteiger charge is 2.18. The number of anilines is 1.